The van der Waals surface area contributed by atoms with Crippen molar-refractivity contribution in [1.82, 2.24) is 16.0 Å². The van der Waals surface area contributed by atoms with Crippen molar-refractivity contribution < 1.29 is 14.0 Å². The molecule has 1 aliphatic heterocycles. The minimum Gasteiger partial charge on any atom is -0.467 e. The van der Waals surface area contributed by atoms with Crippen LogP contribution in [0.2, 0.25) is 0 Å². The van der Waals surface area contributed by atoms with Gasteiger partial charge < -0.3 is 20.4 Å². The van der Waals surface area contributed by atoms with E-state index in [0.29, 0.717) is 17.9 Å². The van der Waals surface area contributed by atoms with Crippen molar-refractivity contribution in [3.05, 3.63) is 60.1 Å². The summed E-state index contributed by atoms with van der Waals surface area (Å²) in [6.45, 7) is 2.02. The fraction of sp³-hybridized carbons (Fsp3) is 0.368. The lowest BCUT2D eigenvalue weighted by Crippen LogP contribution is -2.52. The van der Waals surface area contributed by atoms with Gasteiger partial charge in [-0.05, 0) is 56.1 Å². The Bertz CT molecular complexity index is 679. The van der Waals surface area contributed by atoms with E-state index in [1.165, 1.54) is 0 Å². The van der Waals surface area contributed by atoms with Crippen LogP contribution in [0.25, 0.3) is 0 Å². The molecular weight excluding hydrogens is 318 g/mol. The molecule has 1 aromatic heterocycles. The summed E-state index contributed by atoms with van der Waals surface area (Å²) >= 11 is 0. The first-order valence-corrected chi connectivity index (χ1v) is 8.61. The van der Waals surface area contributed by atoms with Gasteiger partial charge in [-0.15, -0.1) is 0 Å². The second-order valence-corrected chi connectivity index (χ2v) is 6.20. The number of carbonyl (C=O) groups is 2. The van der Waals surface area contributed by atoms with Gasteiger partial charge in [0.25, 0.3) is 5.91 Å². The first kappa shape index (κ1) is 17.2. The van der Waals surface area contributed by atoms with Crippen LogP contribution in [0.1, 0.15) is 29.0 Å². The lowest BCUT2D eigenvalue weighted by Gasteiger charge is -2.30. The third-order valence-electron chi connectivity index (χ3n) is 4.48. The van der Waals surface area contributed by atoms with Crippen LogP contribution in [-0.4, -0.2) is 30.9 Å². The quantitative estimate of drug-likeness (QED) is 0.747. The Morgan fingerprint density at radius 3 is 2.56 bits per heavy atom. The van der Waals surface area contributed by atoms with Gasteiger partial charge in [0, 0.05) is 5.56 Å². The number of carbonyl (C=O) groups excluding carboxylic acids is 2. The first-order chi connectivity index (χ1) is 12.2. The van der Waals surface area contributed by atoms with Crippen LogP contribution in [0.3, 0.4) is 0 Å². The molecule has 132 valence electrons. The largest absolute Gasteiger partial charge is 0.467 e. The summed E-state index contributed by atoms with van der Waals surface area (Å²) in [6, 6.07) is 12.0. The molecule has 25 heavy (non-hydrogen) atoms. The predicted octanol–water partition coefficient (Wildman–Crippen LogP) is 1.69. The number of benzene rings is 1. The van der Waals surface area contributed by atoms with Gasteiger partial charge in [-0.25, -0.2) is 0 Å². The predicted molar refractivity (Wildman–Crippen MR) is 93.8 cm³/mol. The average Bonchev–Trinajstić information content (AvgIpc) is 3.19. The fourth-order valence-corrected chi connectivity index (χ4v) is 3.09. The second-order valence-electron chi connectivity index (χ2n) is 6.20. The maximum Gasteiger partial charge on any atom is 0.251 e. The lowest BCUT2D eigenvalue weighted by atomic mass is 9.89. The number of rotatable bonds is 6. The molecule has 6 nitrogen and oxygen atoms in total. The van der Waals surface area contributed by atoms with E-state index in [4.69, 9.17) is 4.42 Å². The van der Waals surface area contributed by atoms with Crippen LogP contribution in [0, 0.1) is 5.92 Å². The van der Waals surface area contributed by atoms with Crippen molar-refractivity contribution in [2.45, 2.75) is 25.4 Å². The summed E-state index contributed by atoms with van der Waals surface area (Å²) in [4.78, 5) is 25.2. The minimum absolute atomic E-state index is 0.116. The molecule has 6 heteroatoms. The highest BCUT2D eigenvalue weighted by Crippen LogP contribution is 2.17. The Kier molecular flexibility index (Phi) is 5.85. The molecule has 2 amide bonds. The van der Waals surface area contributed by atoms with Gasteiger partial charge in [0.15, 0.2) is 0 Å². The molecule has 1 fully saturated rings. The molecule has 0 spiro atoms. The Hall–Kier alpha value is -2.60. The molecule has 1 aromatic carbocycles. The van der Waals surface area contributed by atoms with Crippen molar-refractivity contribution in [2.24, 2.45) is 5.92 Å². The van der Waals surface area contributed by atoms with Gasteiger partial charge in [-0.3, -0.25) is 9.59 Å². The number of amides is 2. The summed E-state index contributed by atoms with van der Waals surface area (Å²) in [5.74, 6) is 0.405. The van der Waals surface area contributed by atoms with Crippen LogP contribution in [0.4, 0.5) is 0 Å². The number of nitrogens with one attached hydrogen (secondary N) is 3. The molecule has 0 saturated carbocycles. The Morgan fingerprint density at radius 1 is 1.12 bits per heavy atom. The zero-order valence-electron chi connectivity index (χ0n) is 14.0. The highest BCUT2D eigenvalue weighted by atomic mass is 16.3. The third-order valence-corrected chi connectivity index (χ3v) is 4.48. The molecule has 2 heterocycles. The third kappa shape index (κ3) is 4.70. The highest BCUT2D eigenvalue weighted by molar-refractivity contribution is 5.97. The van der Waals surface area contributed by atoms with Crippen LogP contribution >= 0.6 is 0 Å². The minimum atomic E-state index is -0.551. The number of hydrogen-bond acceptors (Lipinski definition) is 4. The smallest absolute Gasteiger partial charge is 0.251 e. The molecule has 3 N–H and O–H groups in total. The zero-order chi connectivity index (χ0) is 17.5. The van der Waals surface area contributed by atoms with Gasteiger partial charge in [-0.1, -0.05) is 18.2 Å². The summed E-state index contributed by atoms with van der Waals surface area (Å²) in [7, 11) is 0. The molecule has 1 atom stereocenters. The van der Waals surface area contributed by atoms with Gasteiger partial charge in [0.2, 0.25) is 5.91 Å². The van der Waals surface area contributed by atoms with Crippen LogP contribution in [0.5, 0.6) is 0 Å². The van der Waals surface area contributed by atoms with E-state index in [0.717, 1.165) is 25.9 Å². The summed E-state index contributed by atoms with van der Waals surface area (Å²) < 4.78 is 5.25. The van der Waals surface area contributed by atoms with Crippen LogP contribution in [-0.2, 0) is 11.3 Å². The zero-order valence-corrected chi connectivity index (χ0v) is 14.0. The fourth-order valence-electron chi connectivity index (χ4n) is 3.09. The first-order valence-electron chi connectivity index (χ1n) is 8.61. The summed E-state index contributed by atoms with van der Waals surface area (Å²) in [5.41, 5.74) is 0.556. The monoisotopic (exact) mass is 341 g/mol. The van der Waals surface area contributed by atoms with Gasteiger partial charge >= 0.3 is 0 Å². The van der Waals surface area contributed by atoms with Gasteiger partial charge in [0.1, 0.15) is 11.8 Å². The SMILES string of the molecule is O=C(NC(C(=O)NCc1ccco1)C1CCNCC1)c1ccccc1. The van der Waals surface area contributed by atoms with Crippen molar-refractivity contribution >= 4 is 11.8 Å². The Morgan fingerprint density at radius 2 is 1.88 bits per heavy atom. The van der Waals surface area contributed by atoms with E-state index in [-0.39, 0.29) is 17.7 Å². The van der Waals surface area contributed by atoms with Crippen molar-refractivity contribution in [1.29, 1.82) is 0 Å². The Balaban J connectivity index is 1.67. The van der Waals surface area contributed by atoms with Gasteiger partial charge in [-0.2, -0.15) is 0 Å². The van der Waals surface area contributed by atoms with E-state index >= 15 is 0 Å². The summed E-state index contributed by atoms with van der Waals surface area (Å²) in [5, 5.41) is 9.08. The van der Waals surface area contributed by atoms with E-state index in [1.54, 1.807) is 24.5 Å². The topological polar surface area (TPSA) is 83.4 Å². The molecule has 1 saturated heterocycles. The molecular formula is C19H23N3O3. The molecule has 0 aliphatic carbocycles. The number of furan rings is 1. The molecule has 1 unspecified atom stereocenters. The highest BCUT2D eigenvalue weighted by Gasteiger charge is 2.31. The molecule has 2 aromatic rings. The van der Waals surface area contributed by atoms with E-state index in [2.05, 4.69) is 16.0 Å². The Labute approximate surface area is 147 Å². The van der Waals surface area contributed by atoms with Crippen molar-refractivity contribution in [3.63, 3.8) is 0 Å². The maximum atomic E-state index is 12.7. The van der Waals surface area contributed by atoms with Crippen molar-refractivity contribution in [2.75, 3.05) is 13.1 Å². The molecule has 3 rings (SSSR count). The van der Waals surface area contributed by atoms with E-state index in [1.807, 2.05) is 24.3 Å². The van der Waals surface area contributed by atoms with Crippen LogP contribution in [0.15, 0.2) is 53.1 Å². The number of hydrogen-bond donors (Lipinski definition) is 3. The van der Waals surface area contributed by atoms with E-state index < -0.39 is 6.04 Å². The van der Waals surface area contributed by atoms with E-state index in [9.17, 15) is 9.59 Å². The van der Waals surface area contributed by atoms with Gasteiger partial charge in [0.05, 0.1) is 12.8 Å². The summed E-state index contributed by atoms with van der Waals surface area (Å²) in [6.07, 6.45) is 3.28. The maximum absolute atomic E-state index is 12.7. The second kappa shape index (κ2) is 8.48. The standard InChI is InChI=1S/C19H23N3O3/c23-18(15-5-2-1-3-6-15)22-17(14-8-10-20-11-9-14)19(24)21-13-16-7-4-12-25-16/h1-7,12,14,17,20H,8-11,13H2,(H,21,24)(H,22,23). The molecule has 0 radical (unpaired) electrons. The van der Waals surface area contributed by atoms with Crippen LogP contribution < -0.4 is 16.0 Å². The average molecular weight is 341 g/mol. The lowest BCUT2D eigenvalue weighted by molar-refractivity contribution is -0.124. The number of piperidine rings is 1. The normalized spacial score (nSPS) is 16.2. The molecule has 1 aliphatic rings. The molecule has 0 bridgehead atoms. The van der Waals surface area contributed by atoms with Crippen molar-refractivity contribution in [3.8, 4) is 0 Å².